The first-order valence-corrected chi connectivity index (χ1v) is 2.74. The molecule has 0 bridgehead atoms. The molecule has 0 spiro atoms. The van der Waals surface area contributed by atoms with E-state index in [1.54, 1.807) is 6.92 Å². The molecular formula is C6H9LiO4. The van der Waals surface area contributed by atoms with Crippen molar-refractivity contribution in [1.29, 1.82) is 0 Å². The topological polar surface area (TPSA) is 74.6 Å². The van der Waals surface area contributed by atoms with E-state index in [0.717, 1.165) is 0 Å². The van der Waals surface area contributed by atoms with Gasteiger partial charge in [0.05, 0.1) is 0 Å². The summed E-state index contributed by atoms with van der Waals surface area (Å²) in [7, 11) is 0. The fourth-order valence-electron chi connectivity index (χ4n) is 0.464. The molecule has 0 amide bonds. The Hall–Kier alpha value is -0.723. The molecule has 0 rings (SSSR count). The molecular weight excluding hydrogens is 143 g/mol. The minimum absolute atomic E-state index is 0. The van der Waals surface area contributed by atoms with Gasteiger partial charge in [-0.15, -0.1) is 0 Å². The molecule has 4 nitrogen and oxygen atoms in total. The van der Waals surface area contributed by atoms with Gasteiger partial charge in [-0.25, -0.2) is 9.59 Å². The van der Waals surface area contributed by atoms with Crippen molar-refractivity contribution in [3.63, 3.8) is 0 Å². The minimum atomic E-state index is -1.22. The Morgan fingerprint density at radius 3 is 2.00 bits per heavy atom. The summed E-state index contributed by atoms with van der Waals surface area (Å²) in [5, 5.41) is 16.4. The van der Waals surface area contributed by atoms with Gasteiger partial charge in [0.2, 0.25) is 0 Å². The van der Waals surface area contributed by atoms with Crippen molar-refractivity contribution < 1.29 is 40.1 Å². The van der Waals surface area contributed by atoms with Crippen LogP contribution in [0.15, 0.2) is 11.6 Å². The van der Waals surface area contributed by atoms with Crippen LogP contribution in [0.4, 0.5) is 0 Å². The summed E-state index contributed by atoms with van der Waals surface area (Å²) in [5.41, 5.74) is -0.0903. The molecule has 5 heteroatoms. The molecule has 0 unspecified atom stereocenters. The Labute approximate surface area is 77.6 Å². The Morgan fingerprint density at radius 1 is 1.45 bits per heavy atom. The summed E-state index contributed by atoms with van der Waals surface area (Å²) in [4.78, 5) is 20.1. The van der Waals surface area contributed by atoms with Crippen molar-refractivity contribution in [2.45, 2.75) is 13.3 Å². The van der Waals surface area contributed by atoms with Gasteiger partial charge in [0, 0.05) is 11.6 Å². The van der Waals surface area contributed by atoms with Gasteiger partial charge in [-0.2, -0.15) is 0 Å². The molecule has 0 aliphatic rings. The monoisotopic (exact) mass is 152 g/mol. The fourth-order valence-corrected chi connectivity index (χ4v) is 0.464. The first kappa shape index (κ1) is 12.9. The third-order valence-electron chi connectivity index (χ3n) is 0.953. The summed E-state index contributed by atoms with van der Waals surface area (Å²) >= 11 is 0. The number of hydrogen-bond donors (Lipinski definition) is 2. The molecule has 2 N–H and O–H groups in total. The smallest absolute Gasteiger partial charge is 1.00 e. The molecule has 0 heterocycles. The molecule has 0 aromatic carbocycles. The van der Waals surface area contributed by atoms with E-state index in [4.69, 9.17) is 10.2 Å². The average molecular weight is 152 g/mol. The molecule has 0 aliphatic carbocycles. The molecule has 0 aliphatic heterocycles. The largest absolute Gasteiger partial charge is 1.00 e. The second kappa shape index (κ2) is 6.02. The maximum Gasteiger partial charge on any atom is 1.00 e. The van der Waals surface area contributed by atoms with E-state index >= 15 is 0 Å². The van der Waals surface area contributed by atoms with Gasteiger partial charge in [-0.1, -0.05) is 6.92 Å². The van der Waals surface area contributed by atoms with Crippen LogP contribution in [0.2, 0.25) is 0 Å². The Morgan fingerprint density at radius 2 is 1.91 bits per heavy atom. The predicted molar refractivity (Wildman–Crippen MR) is 34.8 cm³/mol. The van der Waals surface area contributed by atoms with E-state index in [0.29, 0.717) is 6.08 Å². The van der Waals surface area contributed by atoms with Crippen LogP contribution in [-0.2, 0) is 9.59 Å². The van der Waals surface area contributed by atoms with E-state index in [1.807, 2.05) is 0 Å². The van der Waals surface area contributed by atoms with Crippen molar-refractivity contribution in [3.05, 3.63) is 11.6 Å². The maximum atomic E-state index is 10.1. The van der Waals surface area contributed by atoms with E-state index in [2.05, 4.69) is 0 Å². The molecule has 0 aromatic heterocycles. The van der Waals surface area contributed by atoms with Crippen LogP contribution in [0.3, 0.4) is 0 Å². The Bertz CT molecular complexity index is 190. The molecule has 0 radical (unpaired) electrons. The third-order valence-corrected chi connectivity index (χ3v) is 0.953. The van der Waals surface area contributed by atoms with Crippen LogP contribution in [0.5, 0.6) is 0 Å². The number of rotatable bonds is 3. The predicted octanol–water partition coefficient (Wildman–Crippen LogP) is -2.39. The number of carbonyl (C=O) groups is 2. The normalized spacial score (nSPS) is 10.1. The minimum Gasteiger partial charge on any atom is -1.00 e. The average Bonchev–Trinajstić information content (AvgIpc) is 1.81. The Balaban J connectivity index is -0.000000405. The van der Waals surface area contributed by atoms with Crippen molar-refractivity contribution in [1.82, 2.24) is 0 Å². The molecule has 0 saturated carbocycles. The van der Waals surface area contributed by atoms with E-state index in [-0.39, 0.29) is 32.3 Å². The van der Waals surface area contributed by atoms with Crippen LogP contribution < -0.4 is 18.9 Å². The van der Waals surface area contributed by atoms with Gasteiger partial charge in [-0.05, 0) is 6.42 Å². The van der Waals surface area contributed by atoms with Gasteiger partial charge >= 0.3 is 30.8 Å². The molecule has 0 fully saturated rings. The summed E-state index contributed by atoms with van der Waals surface area (Å²) < 4.78 is 0. The first-order chi connectivity index (χ1) is 4.57. The van der Waals surface area contributed by atoms with E-state index in [9.17, 15) is 9.59 Å². The van der Waals surface area contributed by atoms with E-state index in [1.165, 1.54) is 0 Å². The van der Waals surface area contributed by atoms with E-state index < -0.39 is 11.9 Å². The van der Waals surface area contributed by atoms with Crippen LogP contribution in [0.1, 0.15) is 14.8 Å². The second-order valence-corrected chi connectivity index (χ2v) is 1.67. The van der Waals surface area contributed by atoms with Crippen molar-refractivity contribution >= 4 is 11.9 Å². The summed E-state index contributed by atoms with van der Waals surface area (Å²) in [5.74, 6) is -2.40. The quantitative estimate of drug-likeness (QED) is 0.349. The van der Waals surface area contributed by atoms with Crippen LogP contribution in [-0.4, -0.2) is 22.2 Å². The molecule has 0 saturated heterocycles. The van der Waals surface area contributed by atoms with Crippen molar-refractivity contribution in [2.75, 3.05) is 0 Å². The standard InChI is InChI=1S/C6H8O4.Li.H/c1-2-4(6(9)10)3-5(7)8;;/h3H,2H2,1H3,(H,7,8)(H,9,10);;/q;+1;-1/b4-3-;;. The van der Waals surface area contributed by atoms with Gasteiger partial charge in [-0.3, -0.25) is 0 Å². The zero-order valence-corrected chi connectivity index (χ0v) is 6.50. The number of hydrogen-bond acceptors (Lipinski definition) is 2. The zero-order valence-electron chi connectivity index (χ0n) is 7.50. The molecule has 0 atom stereocenters. The van der Waals surface area contributed by atoms with Crippen molar-refractivity contribution in [3.8, 4) is 0 Å². The second-order valence-electron chi connectivity index (χ2n) is 1.67. The third kappa shape index (κ3) is 5.71. The number of carboxylic acid groups (broad SMARTS) is 2. The van der Waals surface area contributed by atoms with Gasteiger partial charge in [0.15, 0.2) is 0 Å². The van der Waals surface area contributed by atoms with Gasteiger partial charge in [0.1, 0.15) is 0 Å². The fraction of sp³-hybridized carbons (Fsp3) is 0.333. The summed E-state index contributed by atoms with van der Waals surface area (Å²) in [6.07, 6.45) is 0.921. The zero-order chi connectivity index (χ0) is 8.15. The van der Waals surface area contributed by atoms with Crippen LogP contribution >= 0.6 is 0 Å². The Kier molecular flexibility index (Phi) is 7.06. The van der Waals surface area contributed by atoms with Crippen molar-refractivity contribution in [2.24, 2.45) is 0 Å². The summed E-state index contributed by atoms with van der Waals surface area (Å²) in [6.45, 7) is 1.59. The van der Waals surface area contributed by atoms with Crippen LogP contribution in [0, 0.1) is 0 Å². The van der Waals surface area contributed by atoms with Gasteiger partial charge in [0.25, 0.3) is 0 Å². The first-order valence-electron chi connectivity index (χ1n) is 2.74. The number of aliphatic carboxylic acids is 2. The molecule has 58 valence electrons. The molecule has 0 aromatic rings. The number of carboxylic acids is 2. The molecule has 11 heavy (non-hydrogen) atoms. The van der Waals surface area contributed by atoms with Gasteiger partial charge < -0.3 is 11.6 Å². The van der Waals surface area contributed by atoms with Crippen LogP contribution in [0.25, 0.3) is 0 Å². The maximum absolute atomic E-state index is 10.1. The SMILES string of the molecule is CC/C(=C/C(=O)O)C(=O)O.[H-].[Li+]. The summed E-state index contributed by atoms with van der Waals surface area (Å²) in [6, 6.07) is 0.